The van der Waals surface area contributed by atoms with Gasteiger partial charge in [0.05, 0.1) is 35.2 Å². The van der Waals surface area contributed by atoms with Gasteiger partial charge in [0.1, 0.15) is 0 Å². The van der Waals surface area contributed by atoms with Crippen LogP contribution in [0.5, 0.6) is 0 Å². The van der Waals surface area contributed by atoms with Crippen LogP contribution in [-0.2, 0) is 0 Å². The summed E-state index contributed by atoms with van der Waals surface area (Å²) in [7, 11) is 0. The third-order valence-electron chi connectivity index (χ3n) is 4.91. The number of hydrogen-bond donors (Lipinski definition) is 0. The Morgan fingerprint density at radius 2 is 1.24 bits per heavy atom. The van der Waals surface area contributed by atoms with Gasteiger partial charge in [-0.1, -0.05) is 70.2 Å². The summed E-state index contributed by atoms with van der Waals surface area (Å²) in [5, 5.41) is 0. The quantitative estimate of drug-likeness (QED) is 0.417. The van der Waals surface area contributed by atoms with Crippen LogP contribution in [0.1, 0.15) is 67.6 Å². The molecule has 0 radical (unpaired) electrons. The van der Waals surface area contributed by atoms with Crippen molar-refractivity contribution in [3.8, 4) is 0 Å². The summed E-state index contributed by atoms with van der Waals surface area (Å²) in [6.07, 6.45) is 3.67. The van der Waals surface area contributed by atoms with Crippen molar-refractivity contribution in [1.82, 2.24) is 4.98 Å². The van der Waals surface area contributed by atoms with Crippen molar-refractivity contribution >= 4 is 23.8 Å². The largest absolute Gasteiger partial charge is 0.254 e. The first-order valence-corrected chi connectivity index (χ1v) is 10.2. The zero-order valence-corrected chi connectivity index (χ0v) is 17.9. The number of pyridine rings is 1. The maximum absolute atomic E-state index is 4.86. The second kappa shape index (κ2) is 9.42. The molecule has 0 aliphatic heterocycles. The summed E-state index contributed by atoms with van der Waals surface area (Å²) in [5.74, 6) is 0.836. The van der Waals surface area contributed by atoms with Crippen LogP contribution in [-0.4, -0.2) is 17.4 Å². The summed E-state index contributed by atoms with van der Waals surface area (Å²) >= 11 is 0. The van der Waals surface area contributed by atoms with E-state index in [9.17, 15) is 0 Å². The van der Waals surface area contributed by atoms with Gasteiger partial charge in [0.15, 0.2) is 0 Å². The Labute approximate surface area is 174 Å². The molecule has 0 amide bonds. The molecule has 0 aliphatic rings. The second-order valence-corrected chi connectivity index (χ2v) is 7.88. The molecule has 0 unspecified atom stereocenters. The average molecular weight is 384 g/mol. The van der Waals surface area contributed by atoms with Crippen LogP contribution in [0.2, 0.25) is 0 Å². The van der Waals surface area contributed by atoms with Crippen LogP contribution >= 0.6 is 0 Å². The van der Waals surface area contributed by atoms with Crippen molar-refractivity contribution in [1.29, 1.82) is 0 Å². The highest BCUT2D eigenvalue weighted by molar-refractivity contribution is 5.84. The fraction of sp³-hybridized carbons (Fsp3) is 0.269. The van der Waals surface area contributed by atoms with E-state index >= 15 is 0 Å². The third kappa shape index (κ3) is 5.26. The van der Waals surface area contributed by atoms with Crippen molar-refractivity contribution in [2.24, 2.45) is 9.98 Å². The maximum Gasteiger partial charge on any atom is 0.0820 e. The molecule has 148 valence electrons. The smallest absolute Gasteiger partial charge is 0.0820 e. The van der Waals surface area contributed by atoms with Gasteiger partial charge in [-0.25, -0.2) is 4.98 Å². The summed E-state index contributed by atoms with van der Waals surface area (Å²) in [6, 6.07) is 20.5. The lowest BCUT2D eigenvalue weighted by Crippen LogP contribution is -1.97. The molecule has 1 heterocycles. The van der Waals surface area contributed by atoms with Gasteiger partial charge < -0.3 is 0 Å². The zero-order valence-electron chi connectivity index (χ0n) is 17.9. The van der Waals surface area contributed by atoms with Crippen molar-refractivity contribution < 1.29 is 0 Å². The van der Waals surface area contributed by atoms with Gasteiger partial charge in [0, 0.05) is 0 Å². The van der Waals surface area contributed by atoms with E-state index in [1.807, 2.05) is 42.6 Å². The molecule has 3 aromatic rings. The lowest BCUT2D eigenvalue weighted by atomic mass is 9.93. The number of nitrogens with zero attached hydrogens (tertiary/aromatic N) is 3. The van der Waals surface area contributed by atoms with E-state index in [0.717, 1.165) is 28.3 Å². The van der Waals surface area contributed by atoms with E-state index in [1.54, 1.807) is 6.21 Å². The van der Waals surface area contributed by atoms with E-state index in [-0.39, 0.29) is 0 Å². The molecule has 3 nitrogen and oxygen atoms in total. The third-order valence-corrected chi connectivity index (χ3v) is 4.91. The maximum atomic E-state index is 4.86. The Kier molecular flexibility index (Phi) is 6.71. The van der Waals surface area contributed by atoms with Crippen molar-refractivity contribution in [2.75, 3.05) is 0 Å². The molecule has 29 heavy (non-hydrogen) atoms. The van der Waals surface area contributed by atoms with Gasteiger partial charge >= 0.3 is 0 Å². The first kappa shape index (κ1) is 20.7. The Hall–Kier alpha value is -3.07. The molecule has 0 bridgehead atoms. The Bertz CT molecular complexity index is 1000. The van der Waals surface area contributed by atoms with Gasteiger partial charge in [-0.15, -0.1) is 0 Å². The Balaban J connectivity index is 1.90. The molecule has 2 aromatic carbocycles. The lowest BCUT2D eigenvalue weighted by molar-refractivity contribution is 0.835. The number of para-hydroxylation sites is 2. The Morgan fingerprint density at radius 1 is 0.690 bits per heavy atom. The highest BCUT2D eigenvalue weighted by Gasteiger charge is 2.12. The molecule has 0 saturated carbocycles. The highest BCUT2D eigenvalue weighted by atomic mass is 14.8. The first-order chi connectivity index (χ1) is 14.0. The van der Waals surface area contributed by atoms with E-state index in [4.69, 9.17) is 4.99 Å². The summed E-state index contributed by atoms with van der Waals surface area (Å²) in [5.41, 5.74) is 7.35. The first-order valence-electron chi connectivity index (χ1n) is 10.2. The van der Waals surface area contributed by atoms with Crippen LogP contribution in [0, 0.1) is 6.92 Å². The van der Waals surface area contributed by atoms with Gasteiger partial charge in [0.25, 0.3) is 0 Å². The SMILES string of the molecule is Cc1ccccc1N=Cc1cccc(C=Nc2c(C(C)C)cccc2C(C)C)n1. The second-order valence-electron chi connectivity index (χ2n) is 7.88. The molecule has 0 fully saturated rings. The number of aryl methyl sites for hydroxylation is 1. The Morgan fingerprint density at radius 3 is 1.83 bits per heavy atom. The van der Waals surface area contributed by atoms with E-state index in [1.165, 1.54) is 11.1 Å². The summed E-state index contributed by atoms with van der Waals surface area (Å²) in [4.78, 5) is 14.1. The molecule has 3 rings (SSSR count). The van der Waals surface area contributed by atoms with Gasteiger partial charge in [-0.05, 0) is 53.6 Å². The van der Waals surface area contributed by atoms with Crippen LogP contribution in [0.25, 0.3) is 0 Å². The minimum absolute atomic E-state index is 0.418. The monoisotopic (exact) mass is 383 g/mol. The number of benzene rings is 2. The predicted molar refractivity (Wildman–Crippen MR) is 125 cm³/mol. The number of hydrogen-bond acceptors (Lipinski definition) is 3. The molecule has 0 N–H and O–H groups in total. The van der Waals surface area contributed by atoms with E-state index in [2.05, 4.69) is 68.9 Å². The fourth-order valence-electron chi connectivity index (χ4n) is 3.25. The molecular formula is C26H29N3. The molecule has 0 spiro atoms. The number of aromatic nitrogens is 1. The van der Waals surface area contributed by atoms with Crippen LogP contribution < -0.4 is 0 Å². The molecule has 0 atom stereocenters. The molecule has 1 aromatic heterocycles. The van der Waals surface area contributed by atoms with Crippen LogP contribution in [0.15, 0.2) is 70.6 Å². The van der Waals surface area contributed by atoms with E-state index < -0.39 is 0 Å². The van der Waals surface area contributed by atoms with Crippen molar-refractivity contribution in [3.05, 3.63) is 88.7 Å². The normalized spacial score (nSPS) is 12.0. The van der Waals surface area contributed by atoms with Crippen molar-refractivity contribution in [3.63, 3.8) is 0 Å². The molecular weight excluding hydrogens is 354 g/mol. The lowest BCUT2D eigenvalue weighted by Gasteiger charge is -2.16. The van der Waals surface area contributed by atoms with Crippen LogP contribution in [0.3, 0.4) is 0 Å². The fourth-order valence-corrected chi connectivity index (χ4v) is 3.25. The van der Waals surface area contributed by atoms with Gasteiger partial charge in [-0.2, -0.15) is 0 Å². The van der Waals surface area contributed by atoms with Gasteiger partial charge in [0.2, 0.25) is 0 Å². The highest BCUT2D eigenvalue weighted by Crippen LogP contribution is 2.34. The van der Waals surface area contributed by atoms with Crippen LogP contribution in [0.4, 0.5) is 11.4 Å². The minimum Gasteiger partial charge on any atom is -0.254 e. The van der Waals surface area contributed by atoms with Gasteiger partial charge in [-0.3, -0.25) is 9.98 Å². The number of aliphatic imine (C=N–C) groups is 2. The van der Waals surface area contributed by atoms with Crippen molar-refractivity contribution in [2.45, 2.75) is 46.5 Å². The van der Waals surface area contributed by atoms with E-state index in [0.29, 0.717) is 11.8 Å². The summed E-state index contributed by atoms with van der Waals surface area (Å²) < 4.78 is 0. The zero-order chi connectivity index (χ0) is 20.8. The summed E-state index contributed by atoms with van der Waals surface area (Å²) in [6.45, 7) is 10.9. The predicted octanol–water partition coefficient (Wildman–Crippen LogP) is 7.14. The standard InChI is InChI=1S/C26H29N3/c1-18(2)23-13-9-14-24(19(3)4)26(23)28-17-22-12-8-11-21(29-22)16-27-25-15-7-6-10-20(25)5/h6-19H,1-5H3. The topological polar surface area (TPSA) is 37.6 Å². The average Bonchev–Trinajstić information content (AvgIpc) is 2.71. The minimum atomic E-state index is 0.418. The molecule has 0 aliphatic carbocycles. The molecule has 0 saturated heterocycles. The number of rotatable bonds is 6. The molecule has 3 heteroatoms.